The zero-order valence-corrected chi connectivity index (χ0v) is 15.8. The minimum absolute atomic E-state index is 0.0672. The first-order chi connectivity index (χ1) is 12.5. The van der Waals surface area contributed by atoms with Crippen molar-refractivity contribution in [3.05, 3.63) is 53.1 Å². The van der Waals surface area contributed by atoms with Crippen molar-refractivity contribution < 1.29 is 21.6 Å². The van der Waals surface area contributed by atoms with Gasteiger partial charge in [-0.1, -0.05) is 11.6 Å². The van der Waals surface area contributed by atoms with E-state index in [1.54, 1.807) is 0 Å². The predicted molar refractivity (Wildman–Crippen MR) is 100 cm³/mol. The normalized spacial score (nSPS) is 17.6. The molecule has 0 saturated heterocycles. The summed E-state index contributed by atoms with van der Waals surface area (Å²) in [7, 11) is -3.83. The standard InChI is InChI=1S/C15H12ClF3N4O2S2/c16-13-6-3-10(7-12(13)15(17,18)19)23-14(26)22(8-21-23)9-1-4-11(5-2-9)27(20,24)25/h1-8,14,26H,(H2,20,24,25). The summed E-state index contributed by atoms with van der Waals surface area (Å²) in [4.78, 5) is 1.47. The molecular formula is C15H12ClF3N4O2S2. The largest absolute Gasteiger partial charge is 0.417 e. The molecule has 0 spiro atoms. The lowest BCUT2D eigenvalue weighted by Gasteiger charge is -2.27. The Bertz CT molecular complexity index is 997. The van der Waals surface area contributed by atoms with E-state index in [0.717, 1.165) is 12.1 Å². The van der Waals surface area contributed by atoms with Crippen LogP contribution in [0.5, 0.6) is 0 Å². The number of alkyl halides is 3. The summed E-state index contributed by atoms with van der Waals surface area (Å²) in [5.74, 6) is 0. The zero-order chi connectivity index (χ0) is 20.0. The molecule has 27 heavy (non-hydrogen) atoms. The third-order valence-corrected chi connectivity index (χ3v) is 5.48. The molecule has 2 aromatic carbocycles. The highest BCUT2D eigenvalue weighted by Crippen LogP contribution is 2.38. The van der Waals surface area contributed by atoms with E-state index < -0.39 is 32.3 Å². The highest BCUT2D eigenvalue weighted by molar-refractivity contribution is 7.89. The average molecular weight is 437 g/mol. The molecular weight excluding hydrogens is 425 g/mol. The predicted octanol–water partition coefficient (Wildman–Crippen LogP) is 3.49. The van der Waals surface area contributed by atoms with Crippen molar-refractivity contribution in [3.8, 4) is 0 Å². The van der Waals surface area contributed by atoms with Crippen LogP contribution in [-0.4, -0.2) is 20.3 Å². The average Bonchev–Trinajstić information content (AvgIpc) is 2.95. The Kier molecular flexibility index (Phi) is 5.06. The van der Waals surface area contributed by atoms with Crippen molar-refractivity contribution in [1.82, 2.24) is 0 Å². The van der Waals surface area contributed by atoms with Crippen LogP contribution < -0.4 is 15.0 Å². The Morgan fingerprint density at radius 3 is 2.26 bits per heavy atom. The first-order valence-corrected chi connectivity index (χ1v) is 9.72. The SMILES string of the molecule is NS(=O)(=O)c1ccc(N2C=NN(c3ccc(Cl)c(C(F)(F)F)c3)C2S)cc1. The number of hydrogen-bond donors (Lipinski definition) is 2. The third kappa shape index (κ3) is 4.00. The summed E-state index contributed by atoms with van der Waals surface area (Å²) in [5.41, 5.74) is -1.06. The van der Waals surface area contributed by atoms with Gasteiger partial charge in [-0.15, -0.1) is 12.6 Å². The zero-order valence-electron chi connectivity index (χ0n) is 13.3. The van der Waals surface area contributed by atoms with Crippen LogP contribution in [0.15, 0.2) is 52.5 Å². The molecule has 2 N–H and O–H groups in total. The summed E-state index contributed by atoms with van der Waals surface area (Å²) in [6.07, 6.45) is -3.24. The van der Waals surface area contributed by atoms with E-state index in [-0.39, 0.29) is 10.6 Å². The molecule has 0 radical (unpaired) electrons. The van der Waals surface area contributed by atoms with Gasteiger partial charge in [0.2, 0.25) is 10.0 Å². The number of anilines is 2. The molecule has 12 heteroatoms. The van der Waals surface area contributed by atoms with Gasteiger partial charge >= 0.3 is 6.18 Å². The molecule has 1 heterocycles. The number of nitrogens with zero attached hydrogens (tertiary/aromatic N) is 3. The van der Waals surface area contributed by atoms with Crippen LogP contribution in [0.3, 0.4) is 0 Å². The van der Waals surface area contributed by atoms with Gasteiger partial charge in [-0.3, -0.25) is 4.90 Å². The fraction of sp³-hybridized carbons (Fsp3) is 0.133. The number of thiol groups is 1. The maximum atomic E-state index is 13.1. The van der Waals surface area contributed by atoms with E-state index in [1.165, 1.54) is 46.6 Å². The van der Waals surface area contributed by atoms with Crippen LogP contribution in [0, 0.1) is 0 Å². The summed E-state index contributed by atoms with van der Waals surface area (Å²) in [6, 6.07) is 9.02. The van der Waals surface area contributed by atoms with Crippen molar-refractivity contribution in [2.24, 2.45) is 10.2 Å². The van der Waals surface area contributed by atoms with Crippen molar-refractivity contribution >= 4 is 52.0 Å². The molecule has 2 aromatic rings. The highest BCUT2D eigenvalue weighted by atomic mass is 35.5. The van der Waals surface area contributed by atoms with Crippen LogP contribution in [0.25, 0.3) is 0 Å². The van der Waals surface area contributed by atoms with Crippen LogP contribution in [0.2, 0.25) is 5.02 Å². The van der Waals surface area contributed by atoms with Gasteiger partial charge in [0, 0.05) is 5.69 Å². The lowest BCUT2D eigenvalue weighted by Crippen LogP contribution is -2.35. The van der Waals surface area contributed by atoms with Crippen molar-refractivity contribution in [2.75, 3.05) is 9.91 Å². The summed E-state index contributed by atoms with van der Waals surface area (Å²) in [5, 5.41) is 9.98. The molecule has 1 atom stereocenters. The molecule has 0 aromatic heterocycles. The second-order valence-electron chi connectivity index (χ2n) is 5.53. The maximum Gasteiger partial charge on any atom is 0.417 e. The van der Waals surface area contributed by atoms with Gasteiger partial charge in [0.25, 0.3) is 0 Å². The minimum Gasteiger partial charge on any atom is -0.299 e. The Balaban J connectivity index is 1.88. The van der Waals surface area contributed by atoms with Gasteiger partial charge in [0.15, 0.2) is 5.50 Å². The number of sulfonamides is 1. The number of hydrazone groups is 1. The molecule has 0 aliphatic carbocycles. The molecule has 3 rings (SSSR count). The van der Waals surface area contributed by atoms with Gasteiger partial charge in [0.05, 0.1) is 21.2 Å². The van der Waals surface area contributed by atoms with Gasteiger partial charge in [-0.25, -0.2) is 18.6 Å². The molecule has 0 bridgehead atoms. The smallest absolute Gasteiger partial charge is 0.299 e. The molecule has 144 valence electrons. The van der Waals surface area contributed by atoms with Crippen molar-refractivity contribution in [1.29, 1.82) is 0 Å². The number of hydrogen-bond acceptors (Lipinski definition) is 6. The lowest BCUT2D eigenvalue weighted by molar-refractivity contribution is -0.137. The number of benzene rings is 2. The monoisotopic (exact) mass is 436 g/mol. The molecule has 6 nitrogen and oxygen atoms in total. The molecule has 1 aliphatic heterocycles. The Morgan fingerprint density at radius 2 is 1.70 bits per heavy atom. The number of rotatable bonds is 3. The van der Waals surface area contributed by atoms with E-state index in [4.69, 9.17) is 16.7 Å². The van der Waals surface area contributed by atoms with Gasteiger partial charge in [0.1, 0.15) is 6.34 Å². The second-order valence-corrected chi connectivity index (χ2v) is 7.96. The van der Waals surface area contributed by atoms with Crippen LogP contribution >= 0.6 is 24.2 Å². The molecule has 1 unspecified atom stereocenters. The Hall–Kier alpha value is -1.95. The first-order valence-electron chi connectivity index (χ1n) is 7.28. The van der Waals surface area contributed by atoms with E-state index >= 15 is 0 Å². The summed E-state index contributed by atoms with van der Waals surface area (Å²) < 4.78 is 61.8. The van der Waals surface area contributed by atoms with Gasteiger partial charge in [-0.2, -0.15) is 18.3 Å². The second kappa shape index (κ2) is 6.89. The van der Waals surface area contributed by atoms with Crippen molar-refractivity contribution in [2.45, 2.75) is 16.6 Å². The number of primary sulfonamides is 1. The van der Waals surface area contributed by atoms with E-state index in [9.17, 15) is 21.6 Å². The third-order valence-electron chi connectivity index (χ3n) is 3.75. The maximum absolute atomic E-state index is 13.1. The lowest BCUT2D eigenvalue weighted by atomic mass is 10.2. The topological polar surface area (TPSA) is 79.0 Å². The minimum atomic E-state index is -4.61. The quantitative estimate of drug-likeness (QED) is 0.722. The molecule has 0 fully saturated rings. The first kappa shape index (κ1) is 19.8. The Labute approximate surface area is 163 Å². The van der Waals surface area contributed by atoms with Crippen LogP contribution in [0.4, 0.5) is 24.5 Å². The number of halogens is 4. The fourth-order valence-electron chi connectivity index (χ4n) is 2.43. The number of nitrogens with two attached hydrogens (primary N) is 1. The fourth-order valence-corrected chi connectivity index (χ4v) is 3.56. The van der Waals surface area contributed by atoms with Gasteiger partial charge in [-0.05, 0) is 42.5 Å². The van der Waals surface area contributed by atoms with Gasteiger partial charge < -0.3 is 0 Å². The molecule has 1 aliphatic rings. The van der Waals surface area contributed by atoms with Crippen LogP contribution in [-0.2, 0) is 16.2 Å². The van der Waals surface area contributed by atoms with E-state index in [1.807, 2.05) is 0 Å². The summed E-state index contributed by atoms with van der Waals surface area (Å²) in [6.45, 7) is 0. The highest BCUT2D eigenvalue weighted by Gasteiger charge is 2.35. The molecule has 0 amide bonds. The van der Waals surface area contributed by atoms with Crippen LogP contribution in [0.1, 0.15) is 5.56 Å². The summed E-state index contributed by atoms with van der Waals surface area (Å²) >= 11 is 10.0. The van der Waals surface area contributed by atoms with E-state index in [2.05, 4.69) is 17.7 Å². The van der Waals surface area contributed by atoms with E-state index in [0.29, 0.717) is 5.69 Å². The van der Waals surface area contributed by atoms with Crippen molar-refractivity contribution in [3.63, 3.8) is 0 Å². The molecule has 0 saturated carbocycles. The Morgan fingerprint density at radius 1 is 1.11 bits per heavy atom.